The zero-order valence-corrected chi connectivity index (χ0v) is 27.1. The van der Waals surface area contributed by atoms with E-state index in [1.165, 1.54) is 5.57 Å². The Morgan fingerprint density at radius 3 is 2.37 bits per heavy atom. The van der Waals surface area contributed by atoms with Gasteiger partial charge in [-0.05, 0) is 77.0 Å². The van der Waals surface area contributed by atoms with Crippen molar-refractivity contribution in [3.05, 3.63) is 41.5 Å². The van der Waals surface area contributed by atoms with Crippen molar-refractivity contribution in [2.24, 2.45) is 11.3 Å². The highest BCUT2D eigenvalue weighted by Gasteiger charge is 2.72. The largest absolute Gasteiger partial charge is 0.460 e. The molecule has 0 radical (unpaired) electrons. The number of amides is 1. The minimum Gasteiger partial charge on any atom is -0.460 e. The molecule has 1 aromatic carbocycles. The van der Waals surface area contributed by atoms with Crippen LogP contribution < -0.4 is 5.32 Å². The minimum atomic E-state index is -0.373. The predicted octanol–water partition coefficient (Wildman–Crippen LogP) is 6.35. The smallest absolute Gasteiger partial charge is 0.306 e. The highest BCUT2D eigenvalue weighted by molar-refractivity contribution is 5.91. The third-order valence-corrected chi connectivity index (χ3v) is 9.25. The molecule has 0 aromatic heterocycles. The second-order valence-corrected chi connectivity index (χ2v) is 14.0. The van der Waals surface area contributed by atoms with Gasteiger partial charge < -0.3 is 24.3 Å². The third kappa shape index (κ3) is 8.55. The Kier molecular flexibility index (Phi) is 10.6. The second kappa shape index (κ2) is 13.6. The number of aryl methyl sites for hydroxylation is 1. The van der Waals surface area contributed by atoms with Crippen LogP contribution >= 0.6 is 0 Å². The van der Waals surface area contributed by atoms with Gasteiger partial charge >= 0.3 is 5.97 Å². The van der Waals surface area contributed by atoms with Crippen LogP contribution in [0.3, 0.4) is 0 Å². The van der Waals surface area contributed by atoms with E-state index in [1.54, 1.807) is 7.11 Å². The first kappa shape index (κ1) is 33.3. The van der Waals surface area contributed by atoms with Gasteiger partial charge in [0.1, 0.15) is 29.2 Å². The van der Waals surface area contributed by atoms with Crippen LogP contribution in [0.1, 0.15) is 98.5 Å². The standard InChI is InChI=1S/C35H51NO7/c1-23(2)14-19-28-34(6,43-28)32-31(40-7)26(20-21-35(32)22-41-35)42-30(39)13-8-10-24-15-17-25(18-16-24)36-29(38)12-9-11-27(37)33(3,4)5/h14-18,26,28,31-32H,8-13,19-22H2,1-7H3,(H,36,38)/t26-,28-,31-,32-,34-,35+/m1/s1. The van der Waals surface area contributed by atoms with Crippen molar-refractivity contribution < 1.29 is 33.3 Å². The van der Waals surface area contributed by atoms with E-state index in [-0.39, 0.29) is 58.5 Å². The maximum atomic E-state index is 12.9. The molecular formula is C35H51NO7. The van der Waals surface area contributed by atoms with Crippen molar-refractivity contribution in [2.75, 3.05) is 19.0 Å². The molecule has 1 amide bonds. The van der Waals surface area contributed by atoms with E-state index < -0.39 is 0 Å². The lowest BCUT2D eigenvalue weighted by Crippen LogP contribution is -2.55. The van der Waals surface area contributed by atoms with Gasteiger partial charge in [0.05, 0.1) is 18.6 Å². The van der Waals surface area contributed by atoms with Crippen LogP contribution in [0.5, 0.6) is 0 Å². The fourth-order valence-corrected chi connectivity index (χ4v) is 6.50. The number of anilines is 1. The van der Waals surface area contributed by atoms with Gasteiger partial charge in [-0.3, -0.25) is 14.4 Å². The van der Waals surface area contributed by atoms with Crippen LogP contribution in [0.25, 0.3) is 0 Å². The Hall–Kier alpha value is -2.55. The number of carbonyl (C=O) groups is 3. The van der Waals surface area contributed by atoms with Crippen LogP contribution in [0.15, 0.2) is 35.9 Å². The Morgan fingerprint density at radius 2 is 1.77 bits per heavy atom. The minimum absolute atomic E-state index is 0.0112. The van der Waals surface area contributed by atoms with Gasteiger partial charge in [-0.25, -0.2) is 0 Å². The number of benzene rings is 1. The number of hydrogen-bond acceptors (Lipinski definition) is 7. The molecule has 1 N–H and O–H groups in total. The van der Waals surface area contributed by atoms with E-state index in [1.807, 2.05) is 45.0 Å². The SMILES string of the molecule is CO[C@@H]1[C@H](OC(=O)CCCc2ccc(NC(=O)CCCC(=O)C(C)(C)C)cc2)CC[C@]2(CO2)[C@H]1[C@]1(C)O[C@@H]1CC=C(C)C. The molecule has 0 bridgehead atoms. The average Bonchev–Trinajstić information content (AvgIpc) is 3.85. The van der Waals surface area contributed by atoms with E-state index in [0.29, 0.717) is 38.7 Å². The van der Waals surface area contributed by atoms with Gasteiger partial charge in [0, 0.05) is 37.5 Å². The number of methoxy groups -OCH3 is 1. The van der Waals surface area contributed by atoms with Gasteiger partial charge in [0.2, 0.25) is 5.91 Å². The van der Waals surface area contributed by atoms with Gasteiger partial charge in [-0.2, -0.15) is 0 Å². The van der Waals surface area contributed by atoms with Crippen LogP contribution in [0.4, 0.5) is 5.69 Å². The monoisotopic (exact) mass is 597 g/mol. The maximum Gasteiger partial charge on any atom is 0.306 e. The fraction of sp³-hybridized carbons (Fsp3) is 0.686. The summed E-state index contributed by atoms with van der Waals surface area (Å²) in [7, 11) is 1.69. The second-order valence-electron chi connectivity index (χ2n) is 14.0. The fourth-order valence-electron chi connectivity index (χ4n) is 6.50. The summed E-state index contributed by atoms with van der Waals surface area (Å²) < 4.78 is 24.3. The molecule has 4 rings (SSSR count). The number of esters is 1. The molecule has 3 fully saturated rings. The summed E-state index contributed by atoms with van der Waals surface area (Å²) in [6.45, 7) is 12.7. The van der Waals surface area contributed by atoms with E-state index in [0.717, 1.165) is 36.9 Å². The van der Waals surface area contributed by atoms with Crippen molar-refractivity contribution in [1.82, 2.24) is 0 Å². The molecule has 1 spiro atoms. The summed E-state index contributed by atoms with van der Waals surface area (Å²) in [5, 5.41) is 2.90. The van der Waals surface area contributed by atoms with E-state index in [2.05, 4.69) is 32.2 Å². The normalized spacial score (nSPS) is 29.6. The lowest BCUT2D eigenvalue weighted by molar-refractivity contribution is -0.172. The Balaban J connectivity index is 1.21. The van der Waals surface area contributed by atoms with E-state index >= 15 is 0 Å². The molecule has 1 saturated carbocycles. The van der Waals surface area contributed by atoms with Gasteiger partial charge in [0.25, 0.3) is 0 Å². The van der Waals surface area contributed by atoms with Gasteiger partial charge in [0.15, 0.2) is 0 Å². The third-order valence-electron chi connectivity index (χ3n) is 9.25. The Bertz CT molecular complexity index is 1180. The number of allylic oxidation sites excluding steroid dienone is 1. The molecular weight excluding hydrogens is 546 g/mol. The lowest BCUT2D eigenvalue weighted by Gasteiger charge is -2.42. The number of hydrogen-bond donors (Lipinski definition) is 1. The molecule has 2 saturated heterocycles. The zero-order valence-electron chi connectivity index (χ0n) is 27.1. The molecule has 43 heavy (non-hydrogen) atoms. The molecule has 3 aliphatic rings. The number of Topliss-reactive ketones (excluding diaryl/α,β-unsaturated/α-hetero) is 1. The first-order valence-electron chi connectivity index (χ1n) is 15.9. The van der Waals surface area contributed by atoms with Crippen LogP contribution in [0, 0.1) is 11.3 Å². The van der Waals surface area contributed by atoms with E-state index in [9.17, 15) is 14.4 Å². The molecule has 6 atom stereocenters. The molecule has 0 unspecified atom stereocenters. The first-order chi connectivity index (χ1) is 20.3. The van der Waals surface area contributed by atoms with Crippen LogP contribution in [0.2, 0.25) is 0 Å². The van der Waals surface area contributed by atoms with Crippen LogP contribution in [-0.2, 0) is 39.8 Å². The molecule has 8 heteroatoms. The molecule has 2 aliphatic heterocycles. The van der Waals surface area contributed by atoms with Gasteiger partial charge in [-0.15, -0.1) is 0 Å². The van der Waals surface area contributed by atoms with Crippen molar-refractivity contribution in [3.8, 4) is 0 Å². The van der Waals surface area contributed by atoms with Crippen LogP contribution in [-0.4, -0.2) is 60.9 Å². The van der Waals surface area contributed by atoms with Gasteiger partial charge in [-0.1, -0.05) is 44.6 Å². The molecule has 1 aromatic rings. The predicted molar refractivity (Wildman–Crippen MR) is 166 cm³/mol. The Morgan fingerprint density at radius 1 is 1.07 bits per heavy atom. The first-order valence-corrected chi connectivity index (χ1v) is 15.9. The summed E-state index contributed by atoms with van der Waals surface area (Å²) in [6.07, 6.45) is 7.12. The van der Waals surface area contributed by atoms with Crippen molar-refractivity contribution >= 4 is 23.3 Å². The molecule has 238 valence electrons. The number of carbonyl (C=O) groups excluding carboxylic acids is 3. The maximum absolute atomic E-state index is 12.9. The van der Waals surface area contributed by atoms with Crippen molar-refractivity contribution in [3.63, 3.8) is 0 Å². The van der Waals surface area contributed by atoms with Crippen molar-refractivity contribution in [2.45, 2.75) is 129 Å². The topological polar surface area (TPSA) is 107 Å². The zero-order chi connectivity index (χ0) is 31.4. The summed E-state index contributed by atoms with van der Waals surface area (Å²) in [5.74, 6) is -0.129. The average molecular weight is 598 g/mol. The summed E-state index contributed by atoms with van der Waals surface area (Å²) >= 11 is 0. The molecule has 2 heterocycles. The van der Waals surface area contributed by atoms with E-state index in [4.69, 9.17) is 18.9 Å². The number of epoxide rings is 2. The number of nitrogens with one attached hydrogen (secondary N) is 1. The summed E-state index contributed by atoms with van der Waals surface area (Å²) in [4.78, 5) is 37.2. The highest BCUT2D eigenvalue weighted by atomic mass is 16.6. The quantitative estimate of drug-likeness (QED) is 0.151. The molecule has 1 aliphatic carbocycles. The number of rotatable bonds is 14. The summed E-state index contributed by atoms with van der Waals surface area (Å²) in [6, 6.07) is 7.68. The molecule has 8 nitrogen and oxygen atoms in total. The number of ether oxygens (including phenoxy) is 4. The lowest BCUT2D eigenvalue weighted by atomic mass is 9.68. The highest BCUT2D eigenvalue weighted by Crippen LogP contribution is 2.59. The summed E-state index contributed by atoms with van der Waals surface area (Å²) in [5.41, 5.74) is 2.11. The van der Waals surface area contributed by atoms with Crippen molar-refractivity contribution in [1.29, 1.82) is 0 Å². The number of ketones is 1. The Labute approximate surface area is 257 Å².